The summed E-state index contributed by atoms with van der Waals surface area (Å²) >= 11 is 0. The third-order valence-corrected chi connectivity index (χ3v) is 3.77. The Balaban J connectivity index is 1.87. The minimum absolute atomic E-state index is 0.0646. The van der Waals surface area contributed by atoms with E-state index in [1.165, 1.54) is 5.56 Å². The van der Waals surface area contributed by atoms with Gasteiger partial charge in [-0.3, -0.25) is 0 Å². The Hall–Kier alpha value is -2.30. The van der Waals surface area contributed by atoms with Crippen molar-refractivity contribution in [3.63, 3.8) is 0 Å². The number of benzene rings is 2. The van der Waals surface area contributed by atoms with Crippen molar-refractivity contribution in [1.82, 2.24) is 4.98 Å². The van der Waals surface area contributed by atoms with Crippen LogP contribution in [-0.2, 0) is 6.42 Å². The second-order valence-electron chi connectivity index (χ2n) is 5.26. The predicted octanol–water partition coefficient (Wildman–Crippen LogP) is 2.78. The highest BCUT2D eigenvalue weighted by molar-refractivity contribution is 5.84. The molecule has 4 nitrogen and oxygen atoms in total. The number of fused-ring (bicyclic) bond motifs is 1. The lowest BCUT2D eigenvalue weighted by atomic mass is 10.1. The molecule has 0 fully saturated rings. The zero-order chi connectivity index (χ0) is 15.4. The number of aromatic amines is 1. The van der Waals surface area contributed by atoms with Crippen LogP contribution in [0.4, 0.5) is 0 Å². The zero-order valence-corrected chi connectivity index (χ0v) is 12.3. The minimum atomic E-state index is -0.365. The van der Waals surface area contributed by atoms with Crippen molar-refractivity contribution < 1.29 is 9.84 Å². The van der Waals surface area contributed by atoms with Crippen LogP contribution in [0.1, 0.15) is 17.2 Å². The molecule has 0 saturated carbocycles. The number of aromatic nitrogens is 1. The van der Waals surface area contributed by atoms with Crippen LogP contribution in [0.15, 0.2) is 54.7 Å². The van der Waals surface area contributed by atoms with Gasteiger partial charge in [-0.1, -0.05) is 30.3 Å². The summed E-state index contributed by atoms with van der Waals surface area (Å²) in [5.74, 6) is 0.744. The third kappa shape index (κ3) is 2.98. The van der Waals surface area contributed by atoms with Crippen LogP contribution in [0.5, 0.6) is 5.75 Å². The summed E-state index contributed by atoms with van der Waals surface area (Å²) < 4.78 is 5.97. The summed E-state index contributed by atoms with van der Waals surface area (Å²) in [4.78, 5) is 3.24. The van der Waals surface area contributed by atoms with E-state index >= 15 is 0 Å². The predicted molar refractivity (Wildman–Crippen MR) is 88.0 cm³/mol. The van der Waals surface area contributed by atoms with Gasteiger partial charge in [-0.2, -0.15) is 0 Å². The maximum Gasteiger partial charge on any atom is 0.147 e. The first-order valence-corrected chi connectivity index (χ1v) is 7.44. The molecule has 0 aliphatic carbocycles. The van der Waals surface area contributed by atoms with Crippen molar-refractivity contribution in [3.8, 4) is 5.75 Å². The summed E-state index contributed by atoms with van der Waals surface area (Å²) in [6, 6.07) is 15.6. The number of aliphatic hydroxyl groups excluding tert-OH is 1. The smallest absolute Gasteiger partial charge is 0.147 e. The van der Waals surface area contributed by atoms with Crippen molar-refractivity contribution in [1.29, 1.82) is 0 Å². The maximum atomic E-state index is 9.61. The fourth-order valence-corrected chi connectivity index (χ4v) is 2.64. The highest BCUT2D eigenvalue weighted by atomic mass is 16.5. The molecule has 0 saturated heterocycles. The van der Waals surface area contributed by atoms with Gasteiger partial charge in [0.15, 0.2) is 0 Å². The van der Waals surface area contributed by atoms with Crippen LogP contribution in [0.25, 0.3) is 10.9 Å². The van der Waals surface area contributed by atoms with E-state index in [2.05, 4.69) is 4.98 Å². The maximum absolute atomic E-state index is 9.61. The molecule has 22 heavy (non-hydrogen) atoms. The molecule has 1 atom stereocenters. The molecule has 114 valence electrons. The van der Waals surface area contributed by atoms with Gasteiger partial charge in [-0.25, -0.2) is 0 Å². The van der Waals surface area contributed by atoms with E-state index in [1.54, 1.807) is 0 Å². The molecule has 0 aliphatic rings. The highest BCUT2D eigenvalue weighted by Crippen LogP contribution is 2.27. The van der Waals surface area contributed by atoms with E-state index in [9.17, 15) is 5.11 Å². The third-order valence-electron chi connectivity index (χ3n) is 3.77. The number of rotatable bonds is 6. The first kappa shape index (κ1) is 14.6. The van der Waals surface area contributed by atoms with Crippen molar-refractivity contribution >= 4 is 10.9 Å². The van der Waals surface area contributed by atoms with Gasteiger partial charge < -0.3 is 20.6 Å². The lowest BCUT2D eigenvalue weighted by molar-refractivity contribution is 0.116. The Morgan fingerprint density at radius 1 is 1.14 bits per heavy atom. The van der Waals surface area contributed by atoms with E-state index < -0.39 is 0 Å². The van der Waals surface area contributed by atoms with E-state index in [1.807, 2.05) is 54.7 Å². The SMILES string of the molecule is NCCc1c[nH]c2ccc(OC(CO)c3ccccc3)cc12. The van der Waals surface area contributed by atoms with Crippen molar-refractivity contribution in [2.75, 3.05) is 13.2 Å². The van der Waals surface area contributed by atoms with Crippen molar-refractivity contribution in [3.05, 3.63) is 65.9 Å². The van der Waals surface area contributed by atoms with Crippen molar-refractivity contribution in [2.45, 2.75) is 12.5 Å². The van der Waals surface area contributed by atoms with Crippen LogP contribution in [0, 0.1) is 0 Å². The van der Waals surface area contributed by atoms with Gasteiger partial charge >= 0.3 is 0 Å². The second kappa shape index (κ2) is 6.64. The lowest BCUT2D eigenvalue weighted by Crippen LogP contribution is -2.11. The monoisotopic (exact) mass is 296 g/mol. The lowest BCUT2D eigenvalue weighted by Gasteiger charge is -2.17. The Morgan fingerprint density at radius 3 is 2.68 bits per heavy atom. The summed E-state index contributed by atoms with van der Waals surface area (Å²) in [6.07, 6.45) is 2.45. The molecule has 0 aliphatic heterocycles. The number of hydrogen-bond acceptors (Lipinski definition) is 3. The molecule has 1 heterocycles. The topological polar surface area (TPSA) is 71.3 Å². The summed E-state index contributed by atoms with van der Waals surface area (Å²) in [5, 5.41) is 10.7. The highest BCUT2D eigenvalue weighted by Gasteiger charge is 2.13. The van der Waals surface area contributed by atoms with Crippen LogP contribution in [0.2, 0.25) is 0 Å². The first-order chi connectivity index (χ1) is 10.8. The molecular weight excluding hydrogens is 276 g/mol. The van der Waals surface area contributed by atoms with Gasteiger partial charge in [-0.05, 0) is 42.3 Å². The Morgan fingerprint density at radius 2 is 1.95 bits per heavy atom. The Kier molecular flexibility index (Phi) is 4.42. The molecule has 4 N–H and O–H groups in total. The van der Waals surface area contributed by atoms with Gasteiger partial charge in [0.2, 0.25) is 0 Å². The van der Waals surface area contributed by atoms with Gasteiger partial charge in [0.25, 0.3) is 0 Å². The summed E-state index contributed by atoms with van der Waals surface area (Å²) in [5.41, 5.74) is 8.86. The molecule has 3 aromatic rings. The molecular formula is C18H20N2O2. The molecule has 2 aromatic carbocycles. The Bertz CT molecular complexity index is 737. The molecule has 0 spiro atoms. The normalized spacial score (nSPS) is 12.5. The van der Waals surface area contributed by atoms with Gasteiger partial charge in [-0.15, -0.1) is 0 Å². The standard InChI is InChI=1S/C18H20N2O2/c19-9-8-14-11-20-17-7-6-15(10-16(14)17)22-18(12-21)13-4-2-1-3-5-13/h1-7,10-11,18,20-21H,8-9,12,19H2. The van der Waals surface area contributed by atoms with Crippen LogP contribution >= 0.6 is 0 Å². The van der Waals surface area contributed by atoms with Crippen LogP contribution < -0.4 is 10.5 Å². The summed E-state index contributed by atoms with van der Waals surface area (Å²) in [7, 11) is 0. The molecule has 0 amide bonds. The van der Waals surface area contributed by atoms with E-state index in [0.717, 1.165) is 28.6 Å². The largest absolute Gasteiger partial charge is 0.483 e. The number of ether oxygens (including phenoxy) is 1. The summed E-state index contributed by atoms with van der Waals surface area (Å²) in [6.45, 7) is 0.548. The molecule has 0 radical (unpaired) electrons. The number of hydrogen-bond donors (Lipinski definition) is 3. The van der Waals surface area contributed by atoms with Gasteiger partial charge in [0.05, 0.1) is 6.61 Å². The molecule has 0 bridgehead atoms. The van der Waals surface area contributed by atoms with Crippen molar-refractivity contribution in [2.24, 2.45) is 5.73 Å². The van der Waals surface area contributed by atoms with Crippen LogP contribution in [0.3, 0.4) is 0 Å². The second-order valence-corrected chi connectivity index (χ2v) is 5.26. The average molecular weight is 296 g/mol. The Labute approximate surface area is 129 Å². The average Bonchev–Trinajstić information content (AvgIpc) is 2.96. The van der Waals surface area contributed by atoms with Gasteiger partial charge in [0.1, 0.15) is 11.9 Å². The molecule has 3 rings (SSSR count). The minimum Gasteiger partial charge on any atom is -0.483 e. The number of H-pyrrole nitrogens is 1. The zero-order valence-electron chi connectivity index (χ0n) is 12.3. The molecule has 4 heteroatoms. The van der Waals surface area contributed by atoms with E-state index in [4.69, 9.17) is 10.5 Å². The quantitative estimate of drug-likeness (QED) is 0.655. The first-order valence-electron chi connectivity index (χ1n) is 7.44. The van der Waals surface area contributed by atoms with E-state index in [-0.39, 0.29) is 12.7 Å². The molecule has 1 unspecified atom stereocenters. The van der Waals surface area contributed by atoms with Gasteiger partial charge in [0, 0.05) is 17.1 Å². The van der Waals surface area contributed by atoms with E-state index in [0.29, 0.717) is 6.54 Å². The number of aliphatic hydroxyl groups is 1. The fraction of sp³-hybridized carbons (Fsp3) is 0.222. The number of nitrogens with one attached hydrogen (secondary N) is 1. The molecule has 1 aromatic heterocycles. The fourth-order valence-electron chi connectivity index (χ4n) is 2.64. The van der Waals surface area contributed by atoms with Crippen LogP contribution in [-0.4, -0.2) is 23.2 Å². The number of nitrogens with two attached hydrogens (primary N) is 1.